The number of rotatable bonds is 10. The predicted octanol–water partition coefficient (Wildman–Crippen LogP) is 1.53. The summed E-state index contributed by atoms with van der Waals surface area (Å²) >= 11 is 1.88. The first-order valence-corrected chi connectivity index (χ1v) is 7.71. The molecule has 0 saturated heterocycles. The van der Waals surface area contributed by atoms with Gasteiger partial charge in [-0.05, 0) is 38.4 Å². The molecule has 3 N–H and O–H groups in total. The highest BCUT2D eigenvalue weighted by molar-refractivity contribution is 7.99. The molecular formula is C13H26N2O2S. The monoisotopic (exact) mass is 274 g/mol. The van der Waals surface area contributed by atoms with Crippen LogP contribution < -0.4 is 11.1 Å². The van der Waals surface area contributed by atoms with Crippen LogP contribution in [0.4, 0.5) is 0 Å². The van der Waals surface area contributed by atoms with E-state index in [0.717, 1.165) is 38.0 Å². The summed E-state index contributed by atoms with van der Waals surface area (Å²) in [6.45, 7) is 4.89. The molecule has 0 heterocycles. The van der Waals surface area contributed by atoms with E-state index in [9.17, 15) is 4.79 Å². The van der Waals surface area contributed by atoms with Gasteiger partial charge < -0.3 is 15.8 Å². The van der Waals surface area contributed by atoms with E-state index in [1.807, 2.05) is 18.7 Å². The Hall–Kier alpha value is -0.260. The maximum Gasteiger partial charge on any atom is 0.237 e. The zero-order valence-electron chi connectivity index (χ0n) is 11.7. The van der Waals surface area contributed by atoms with Gasteiger partial charge in [-0.2, -0.15) is 11.8 Å². The van der Waals surface area contributed by atoms with Crippen molar-refractivity contribution in [3.8, 4) is 0 Å². The van der Waals surface area contributed by atoms with Crippen molar-refractivity contribution in [3.63, 3.8) is 0 Å². The van der Waals surface area contributed by atoms with E-state index in [2.05, 4.69) is 12.2 Å². The van der Waals surface area contributed by atoms with Gasteiger partial charge in [-0.25, -0.2) is 0 Å². The standard InChI is InChI=1S/C13H26N2O2S/c1-10(18-8-4-7-17-3)9-13(2,12(14)16)15-11-5-6-11/h10-11,15H,4-9H2,1-3H3,(H2,14,16). The highest BCUT2D eigenvalue weighted by atomic mass is 32.2. The molecule has 2 atom stereocenters. The minimum absolute atomic E-state index is 0.237. The second-order valence-corrected chi connectivity index (χ2v) is 6.89. The van der Waals surface area contributed by atoms with Crippen molar-refractivity contribution in [3.05, 3.63) is 0 Å². The van der Waals surface area contributed by atoms with Gasteiger partial charge in [-0.15, -0.1) is 0 Å². The lowest BCUT2D eigenvalue weighted by atomic mass is 9.95. The second kappa shape index (κ2) is 7.36. The van der Waals surface area contributed by atoms with Crippen molar-refractivity contribution < 1.29 is 9.53 Å². The number of carbonyl (C=O) groups excluding carboxylic acids is 1. The molecule has 18 heavy (non-hydrogen) atoms. The van der Waals surface area contributed by atoms with Gasteiger partial charge in [0.15, 0.2) is 0 Å². The number of thioether (sulfide) groups is 1. The van der Waals surface area contributed by atoms with Crippen LogP contribution in [0, 0.1) is 0 Å². The van der Waals surface area contributed by atoms with Gasteiger partial charge in [-0.3, -0.25) is 4.79 Å². The minimum Gasteiger partial charge on any atom is -0.385 e. The van der Waals surface area contributed by atoms with Gasteiger partial charge in [0, 0.05) is 25.0 Å². The smallest absolute Gasteiger partial charge is 0.237 e. The van der Waals surface area contributed by atoms with Crippen LogP contribution in [0.25, 0.3) is 0 Å². The van der Waals surface area contributed by atoms with Gasteiger partial charge in [-0.1, -0.05) is 6.92 Å². The minimum atomic E-state index is -0.561. The third-order valence-electron chi connectivity index (χ3n) is 3.23. The molecule has 0 spiro atoms. The SMILES string of the molecule is COCCCSC(C)CC(C)(NC1CC1)C(N)=O. The molecule has 1 fully saturated rings. The van der Waals surface area contributed by atoms with Crippen LogP contribution in [-0.4, -0.2) is 42.2 Å². The highest BCUT2D eigenvalue weighted by Gasteiger charge is 2.37. The molecule has 1 aliphatic carbocycles. The Morgan fingerprint density at radius 2 is 2.28 bits per heavy atom. The van der Waals surface area contributed by atoms with Gasteiger partial charge in [0.2, 0.25) is 5.91 Å². The molecule has 0 bridgehead atoms. The molecule has 0 radical (unpaired) electrons. The van der Waals surface area contributed by atoms with E-state index < -0.39 is 5.54 Å². The molecule has 4 nitrogen and oxygen atoms in total. The summed E-state index contributed by atoms with van der Waals surface area (Å²) in [5, 5.41) is 3.81. The van der Waals surface area contributed by atoms with Crippen molar-refractivity contribution in [2.75, 3.05) is 19.5 Å². The van der Waals surface area contributed by atoms with Crippen LogP contribution in [0.5, 0.6) is 0 Å². The number of hydrogen-bond donors (Lipinski definition) is 2. The Morgan fingerprint density at radius 3 is 2.78 bits per heavy atom. The Labute approximate surface area is 114 Å². The summed E-state index contributed by atoms with van der Waals surface area (Å²) in [6, 6.07) is 0.494. The predicted molar refractivity (Wildman–Crippen MR) is 76.8 cm³/mol. The number of carbonyl (C=O) groups is 1. The largest absolute Gasteiger partial charge is 0.385 e. The third kappa shape index (κ3) is 5.59. The number of primary amides is 1. The summed E-state index contributed by atoms with van der Waals surface area (Å²) in [5.41, 5.74) is 4.98. The van der Waals surface area contributed by atoms with E-state index in [-0.39, 0.29) is 5.91 Å². The summed E-state index contributed by atoms with van der Waals surface area (Å²) in [7, 11) is 1.72. The van der Waals surface area contributed by atoms with Crippen LogP contribution in [0.15, 0.2) is 0 Å². The zero-order chi connectivity index (χ0) is 13.6. The van der Waals surface area contributed by atoms with Gasteiger partial charge >= 0.3 is 0 Å². The van der Waals surface area contributed by atoms with Crippen molar-refractivity contribution in [2.24, 2.45) is 5.73 Å². The molecule has 1 rings (SSSR count). The highest BCUT2D eigenvalue weighted by Crippen LogP contribution is 2.27. The van der Waals surface area contributed by atoms with Crippen LogP contribution in [0.2, 0.25) is 0 Å². The summed E-state index contributed by atoms with van der Waals surface area (Å²) in [4.78, 5) is 11.6. The molecule has 0 aromatic rings. The molecule has 5 heteroatoms. The lowest BCUT2D eigenvalue weighted by Gasteiger charge is -2.30. The van der Waals surface area contributed by atoms with Crippen molar-refractivity contribution in [1.29, 1.82) is 0 Å². The van der Waals surface area contributed by atoms with Gasteiger partial charge in [0.1, 0.15) is 0 Å². The van der Waals surface area contributed by atoms with E-state index in [4.69, 9.17) is 10.5 Å². The van der Waals surface area contributed by atoms with Crippen LogP contribution in [0.1, 0.15) is 39.5 Å². The molecule has 106 valence electrons. The maximum absolute atomic E-state index is 11.6. The average molecular weight is 274 g/mol. The summed E-state index contributed by atoms with van der Waals surface area (Å²) in [6.07, 6.45) is 4.17. The van der Waals surface area contributed by atoms with Crippen molar-refractivity contribution >= 4 is 17.7 Å². The van der Waals surface area contributed by atoms with E-state index in [1.165, 1.54) is 0 Å². The molecule has 1 saturated carbocycles. The number of amides is 1. The van der Waals surface area contributed by atoms with Crippen molar-refractivity contribution in [2.45, 2.75) is 56.4 Å². The van der Waals surface area contributed by atoms with Crippen LogP contribution in [-0.2, 0) is 9.53 Å². The van der Waals surface area contributed by atoms with E-state index in [1.54, 1.807) is 7.11 Å². The van der Waals surface area contributed by atoms with E-state index in [0.29, 0.717) is 11.3 Å². The summed E-state index contributed by atoms with van der Waals surface area (Å²) in [5.74, 6) is 0.825. The molecule has 1 amide bonds. The zero-order valence-corrected chi connectivity index (χ0v) is 12.5. The second-order valence-electron chi connectivity index (χ2n) is 5.35. The van der Waals surface area contributed by atoms with Crippen LogP contribution in [0.3, 0.4) is 0 Å². The Kier molecular flexibility index (Phi) is 6.46. The number of hydrogen-bond acceptors (Lipinski definition) is 4. The lowest BCUT2D eigenvalue weighted by Crippen LogP contribution is -2.55. The first-order chi connectivity index (χ1) is 8.48. The molecule has 0 aliphatic heterocycles. The fourth-order valence-electron chi connectivity index (χ4n) is 2.03. The maximum atomic E-state index is 11.6. The number of methoxy groups -OCH3 is 1. The molecule has 0 aromatic carbocycles. The van der Waals surface area contributed by atoms with Gasteiger partial charge in [0.25, 0.3) is 0 Å². The van der Waals surface area contributed by atoms with Crippen LogP contribution >= 0.6 is 11.8 Å². The fourth-order valence-corrected chi connectivity index (χ4v) is 3.17. The van der Waals surface area contributed by atoms with Gasteiger partial charge in [0.05, 0.1) is 5.54 Å². The normalized spacial score (nSPS) is 20.4. The Morgan fingerprint density at radius 1 is 1.61 bits per heavy atom. The molecular weight excluding hydrogens is 248 g/mol. The molecule has 2 unspecified atom stereocenters. The molecule has 0 aromatic heterocycles. The van der Waals surface area contributed by atoms with E-state index >= 15 is 0 Å². The Bertz CT molecular complexity index is 272. The van der Waals surface area contributed by atoms with Crippen molar-refractivity contribution in [1.82, 2.24) is 5.32 Å². The quantitative estimate of drug-likeness (QED) is 0.593. The first kappa shape index (κ1) is 15.8. The average Bonchev–Trinajstić information content (AvgIpc) is 3.07. The fraction of sp³-hybridized carbons (Fsp3) is 0.923. The first-order valence-electron chi connectivity index (χ1n) is 6.66. The number of ether oxygens (including phenoxy) is 1. The topological polar surface area (TPSA) is 64.3 Å². The number of nitrogens with one attached hydrogen (secondary N) is 1. The number of nitrogens with two attached hydrogens (primary N) is 1. The Balaban J connectivity index is 2.32. The third-order valence-corrected chi connectivity index (χ3v) is 4.49. The lowest BCUT2D eigenvalue weighted by molar-refractivity contribution is -0.124. The molecule has 1 aliphatic rings. The summed E-state index contributed by atoms with van der Waals surface area (Å²) < 4.78 is 5.02.